The number of furan rings is 1. The van der Waals surface area contributed by atoms with E-state index in [2.05, 4.69) is 42.3 Å². The Morgan fingerprint density at radius 3 is 2.95 bits per heavy atom. The number of likely N-dealkylation sites (N-methyl/N-ethyl adjacent to an activating group) is 1. The zero-order chi connectivity index (χ0) is 14.7. The normalized spacial score (nSPS) is 21.1. The van der Waals surface area contributed by atoms with E-state index in [0.717, 1.165) is 30.5 Å². The minimum absolute atomic E-state index is 0.287. The van der Waals surface area contributed by atoms with E-state index in [9.17, 15) is 0 Å². The van der Waals surface area contributed by atoms with E-state index < -0.39 is 0 Å². The highest BCUT2D eigenvalue weighted by Crippen LogP contribution is 2.27. The van der Waals surface area contributed by atoms with Crippen molar-refractivity contribution in [2.45, 2.75) is 45.2 Å². The van der Waals surface area contributed by atoms with E-state index in [1.54, 1.807) is 0 Å². The lowest BCUT2D eigenvalue weighted by atomic mass is 10.1. The molecule has 1 aromatic carbocycles. The van der Waals surface area contributed by atoms with Crippen molar-refractivity contribution in [2.75, 3.05) is 19.6 Å². The third-order valence-corrected chi connectivity index (χ3v) is 4.63. The number of likely N-dealkylation sites (tertiary alicyclic amines) is 1. The van der Waals surface area contributed by atoms with Crippen molar-refractivity contribution in [1.82, 2.24) is 10.2 Å². The fraction of sp³-hybridized carbons (Fsp3) is 0.556. The van der Waals surface area contributed by atoms with Crippen LogP contribution >= 0.6 is 0 Å². The molecule has 0 aliphatic carbocycles. The molecule has 3 nitrogen and oxygen atoms in total. The Hall–Kier alpha value is -1.32. The van der Waals surface area contributed by atoms with E-state index in [0.29, 0.717) is 0 Å². The molecule has 0 bridgehead atoms. The number of nitrogens with one attached hydrogen (secondary N) is 1. The van der Waals surface area contributed by atoms with Gasteiger partial charge in [-0.05, 0) is 44.5 Å². The molecule has 1 N–H and O–H groups in total. The summed E-state index contributed by atoms with van der Waals surface area (Å²) in [5, 5.41) is 4.79. The second-order valence-corrected chi connectivity index (χ2v) is 6.00. The van der Waals surface area contributed by atoms with Gasteiger partial charge in [0, 0.05) is 18.0 Å². The van der Waals surface area contributed by atoms with Crippen LogP contribution in [0.25, 0.3) is 11.0 Å². The van der Waals surface area contributed by atoms with Gasteiger partial charge in [0.25, 0.3) is 0 Å². The van der Waals surface area contributed by atoms with Gasteiger partial charge in [-0.3, -0.25) is 4.90 Å². The highest BCUT2D eigenvalue weighted by molar-refractivity contribution is 5.77. The number of hydrogen-bond acceptors (Lipinski definition) is 3. The molecular weight excluding hydrogens is 260 g/mol. The van der Waals surface area contributed by atoms with Crippen LogP contribution in [-0.4, -0.2) is 30.6 Å². The van der Waals surface area contributed by atoms with E-state index in [1.165, 1.54) is 31.2 Å². The lowest BCUT2D eigenvalue weighted by molar-refractivity contribution is 0.212. The predicted octanol–water partition coefficient (Wildman–Crippen LogP) is 3.96. The molecular formula is C18H26N2O. The average molecular weight is 286 g/mol. The minimum atomic E-state index is 0.287. The largest absolute Gasteiger partial charge is 0.459 e. The zero-order valence-corrected chi connectivity index (χ0v) is 13.1. The molecule has 0 saturated carbocycles. The number of rotatable bonds is 6. The smallest absolute Gasteiger partial charge is 0.134 e. The molecule has 3 heteroatoms. The first-order valence-corrected chi connectivity index (χ1v) is 8.27. The van der Waals surface area contributed by atoms with Gasteiger partial charge in [-0.15, -0.1) is 0 Å². The molecule has 3 rings (SSSR count). The molecule has 1 aliphatic rings. The van der Waals surface area contributed by atoms with Crippen LogP contribution in [0.1, 0.15) is 44.9 Å². The van der Waals surface area contributed by atoms with Crippen LogP contribution < -0.4 is 5.32 Å². The maximum Gasteiger partial charge on any atom is 0.134 e. The van der Waals surface area contributed by atoms with Gasteiger partial charge in [-0.1, -0.05) is 32.0 Å². The summed E-state index contributed by atoms with van der Waals surface area (Å²) in [4.78, 5) is 2.63. The van der Waals surface area contributed by atoms with Gasteiger partial charge in [0.2, 0.25) is 0 Å². The van der Waals surface area contributed by atoms with E-state index in [1.807, 2.05) is 12.1 Å². The molecule has 0 spiro atoms. The summed E-state index contributed by atoms with van der Waals surface area (Å²) in [6.45, 7) is 7.70. The topological polar surface area (TPSA) is 28.4 Å². The molecule has 2 aromatic rings. The van der Waals surface area contributed by atoms with Gasteiger partial charge in [-0.25, -0.2) is 0 Å². The Bertz CT molecular complexity index is 544. The van der Waals surface area contributed by atoms with E-state index in [-0.39, 0.29) is 6.04 Å². The SMILES string of the molecule is CCNC(CN1CCCC1CC)c1cc2ccccc2o1. The summed E-state index contributed by atoms with van der Waals surface area (Å²) >= 11 is 0. The van der Waals surface area contributed by atoms with Gasteiger partial charge >= 0.3 is 0 Å². The fourth-order valence-electron chi connectivity index (χ4n) is 3.51. The third kappa shape index (κ3) is 3.14. The molecule has 1 aromatic heterocycles. The lowest BCUT2D eigenvalue weighted by Gasteiger charge is -2.27. The molecule has 2 unspecified atom stereocenters. The molecule has 0 amide bonds. The van der Waals surface area contributed by atoms with Gasteiger partial charge in [0.1, 0.15) is 11.3 Å². The molecule has 2 atom stereocenters. The van der Waals surface area contributed by atoms with Crippen LogP contribution in [0.5, 0.6) is 0 Å². The van der Waals surface area contributed by atoms with Crippen molar-refractivity contribution in [3.63, 3.8) is 0 Å². The van der Waals surface area contributed by atoms with Gasteiger partial charge in [-0.2, -0.15) is 0 Å². The molecule has 2 heterocycles. The first-order chi connectivity index (χ1) is 10.3. The van der Waals surface area contributed by atoms with Crippen molar-refractivity contribution in [3.05, 3.63) is 36.1 Å². The molecule has 1 saturated heterocycles. The molecule has 0 radical (unpaired) electrons. The Balaban J connectivity index is 1.80. The Labute approximate surface area is 127 Å². The maximum absolute atomic E-state index is 6.07. The summed E-state index contributed by atoms with van der Waals surface area (Å²) in [5.41, 5.74) is 0.990. The third-order valence-electron chi connectivity index (χ3n) is 4.63. The van der Waals surface area contributed by atoms with E-state index in [4.69, 9.17) is 4.42 Å². The zero-order valence-electron chi connectivity index (χ0n) is 13.1. The number of fused-ring (bicyclic) bond motifs is 1. The standard InChI is InChI=1S/C18H26N2O/c1-3-15-9-7-11-20(15)13-16(19-4-2)18-12-14-8-5-6-10-17(14)21-18/h5-6,8,10,12,15-16,19H,3-4,7,9,11,13H2,1-2H3. The molecule has 1 aliphatic heterocycles. The Morgan fingerprint density at radius 1 is 1.33 bits per heavy atom. The first-order valence-electron chi connectivity index (χ1n) is 8.27. The number of hydrogen-bond donors (Lipinski definition) is 1. The fourth-order valence-corrected chi connectivity index (χ4v) is 3.51. The van der Waals surface area contributed by atoms with Gasteiger partial charge < -0.3 is 9.73 Å². The van der Waals surface area contributed by atoms with Gasteiger partial charge in [0.15, 0.2) is 0 Å². The second kappa shape index (κ2) is 6.63. The molecule has 114 valence electrons. The molecule has 21 heavy (non-hydrogen) atoms. The summed E-state index contributed by atoms with van der Waals surface area (Å²) in [7, 11) is 0. The van der Waals surface area contributed by atoms with Crippen molar-refractivity contribution < 1.29 is 4.42 Å². The summed E-state index contributed by atoms with van der Waals surface area (Å²) in [6.07, 6.45) is 3.92. The summed E-state index contributed by atoms with van der Waals surface area (Å²) in [5.74, 6) is 1.07. The van der Waals surface area contributed by atoms with Crippen LogP contribution in [-0.2, 0) is 0 Å². The number of nitrogens with zero attached hydrogens (tertiary/aromatic N) is 1. The van der Waals surface area contributed by atoms with Crippen LogP contribution in [0, 0.1) is 0 Å². The number of para-hydroxylation sites is 1. The maximum atomic E-state index is 6.07. The number of benzene rings is 1. The Morgan fingerprint density at radius 2 is 2.19 bits per heavy atom. The van der Waals surface area contributed by atoms with E-state index >= 15 is 0 Å². The van der Waals surface area contributed by atoms with Crippen molar-refractivity contribution in [1.29, 1.82) is 0 Å². The van der Waals surface area contributed by atoms with Crippen molar-refractivity contribution >= 4 is 11.0 Å². The Kier molecular flexibility index (Phi) is 4.61. The highest BCUT2D eigenvalue weighted by atomic mass is 16.3. The van der Waals surface area contributed by atoms with Crippen LogP contribution in [0.3, 0.4) is 0 Å². The summed E-state index contributed by atoms with van der Waals surface area (Å²) in [6, 6.07) is 11.5. The predicted molar refractivity (Wildman–Crippen MR) is 87.5 cm³/mol. The van der Waals surface area contributed by atoms with Crippen LogP contribution in [0.2, 0.25) is 0 Å². The monoisotopic (exact) mass is 286 g/mol. The first kappa shape index (κ1) is 14.6. The average Bonchev–Trinajstić information content (AvgIpc) is 3.12. The van der Waals surface area contributed by atoms with Crippen LogP contribution in [0.4, 0.5) is 0 Å². The van der Waals surface area contributed by atoms with Gasteiger partial charge in [0.05, 0.1) is 6.04 Å². The quantitative estimate of drug-likeness (QED) is 0.871. The van der Waals surface area contributed by atoms with Crippen molar-refractivity contribution in [2.24, 2.45) is 0 Å². The van der Waals surface area contributed by atoms with Crippen LogP contribution in [0.15, 0.2) is 34.7 Å². The lowest BCUT2D eigenvalue weighted by Crippen LogP contribution is -2.37. The molecule has 1 fully saturated rings. The summed E-state index contributed by atoms with van der Waals surface area (Å²) < 4.78 is 6.07. The highest BCUT2D eigenvalue weighted by Gasteiger charge is 2.27. The minimum Gasteiger partial charge on any atom is -0.459 e. The van der Waals surface area contributed by atoms with Crippen molar-refractivity contribution in [3.8, 4) is 0 Å². The second-order valence-electron chi connectivity index (χ2n) is 6.00.